The zero-order chi connectivity index (χ0) is 39.3. The fraction of sp³-hybridized carbons (Fsp3) is 0.444. The van der Waals surface area contributed by atoms with Gasteiger partial charge in [-0.05, 0) is 32.1 Å². The molecule has 6 rings (SSSR count). The van der Waals surface area contributed by atoms with Gasteiger partial charge in [-0.3, -0.25) is 9.59 Å². The van der Waals surface area contributed by atoms with Crippen molar-refractivity contribution in [1.82, 2.24) is 50.3 Å². The number of rotatable bonds is 11. The van der Waals surface area contributed by atoms with Crippen molar-refractivity contribution in [3.8, 4) is 33.9 Å². The van der Waals surface area contributed by atoms with Gasteiger partial charge >= 0.3 is 18.4 Å². The molecule has 2 fully saturated rings. The van der Waals surface area contributed by atoms with Gasteiger partial charge in [-0.1, -0.05) is 37.6 Å². The summed E-state index contributed by atoms with van der Waals surface area (Å²) in [6, 6.07) is 4.49. The molecule has 55 heavy (non-hydrogen) atoms. The number of carbonyl (C=O) groups excluding carboxylic acids is 4. The zero-order valence-corrected chi connectivity index (χ0v) is 30.4. The molecule has 1 aromatic carbocycles. The third kappa shape index (κ3) is 8.54. The van der Waals surface area contributed by atoms with Crippen molar-refractivity contribution in [3.05, 3.63) is 60.2 Å². The predicted molar refractivity (Wildman–Crippen MR) is 190 cm³/mol. The normalized spacial score (nSPS) is 17.6. The van der Waals surface area contributed by atoms with E-state index in [1.165, 1.54) is 24.1 Å². The Labute approximate surface area is 313 Å². The molecular formula is C36H41F3N10O6. The highest BCUT2D eigenvalue weighted by Crippen LogP contribution is 2.40. The summed E-state index contributed by atoms with van der Waals surface area (Å²) >= 11 is 0. The van der Waals surface area contributed by atoms with Gasteiger partial charge in [0.2, 0.25) is 11.8 Å². The van der Waals surface area contributed by atoms with E-state index in [1.54, 1.807) is 35.6 Å². The van der Waals surface area contributed by atoms with Crippen LogP contribution in [0.15, 0.2) is 42.9 Å². The molecule has 16 nitrogen and oxygen atoms in total. The molecule has 2 aliphatic heterocycles. The van der Waals surface area contributed by atoms with E-state index in [1.807, 2.05) is 6.92 Å². The molecule has 0 aliphatic carbocycles. The summed E-state index contributed by atoms with van der Waals surface area (Å²) in [6.07, 6.45) is 2.17. The van der Waals surface area contributed by atoms with Crippen LogP contribution in [0.2, 0.25) is 0 Å². The van der Waals surface area contributed by atoms with Crippen LogP contribution in [0.1, 0.15) is 74.9 Å². The van der Waals surface area contributed by atoms with Gasteiger partial charge in [0.1, 0.15) is 24.2 Å². The largest absolute Gasteiger partial charge is 0.453 e. The van der Waals surface area contributed by atoms with Gasteiger partial charge in [0, 0.05) is 42.2 Å². The van der Waals surface area contributed by atoms with Crippen LogP contribution in [0, 0.1) is 0 Å². The van der Waals surface area contributed by atoms with Gasteiger partial charge in [0.15, 0.2) is 11.5 Å². The molecule has 4 amide bonds. The van der Waals surface area contributed by atoms with Gasteiger partial charge in [-0.2, -0.15) is 13.2 Å². The number of hydrogen-bond donors (Lipinski definition) is 4. The molecule has 4 N–H and O–H groups in total. The first-order valence-corrected chi connectivity index (χ1v) is 17.8. The number of methoxy groups -OCH3 is 2. The van der Waals surface area contributed by atoms with Crippen molar-refractivity contribution >= 4 is 24.0 Å². The average Bonchev–Trinajstić information content (AvgIpc) is 4.02. The molecule has 5 heterocycles. The Hall–Kier alpha value is -6.01. The lowest BCUT2D eigenvalue weighted by molar-refractivity contribution is -0.140. The summed E-state index contributed by atoms with van der Waals surface area (Å²) in [7, 11) is 2.41. The number of aromatic amines is 2. The first-order valence-electron chi connectivity index (χ1n) is 17.8. The number of alkyl carbamates (subject to hydrolysis) is 2. The Balaban J connectivity index is 1.16. The van der Waals surface area contributed by atoms with Crippen LogP contribution in [-0.2, 0) is 25.2 Å². The summed E-state index contributed by atoms with van der Waals surface area (Å²) in [4.78, 5) is 76.2. The molecule has 3 atom stereocenters. The molecule has 0 saturated carbocycles. The van der Waals surface area contributed by atoms with Crippen LogP contribution in [0.25, 0.3) is 33.9 Å². The standard InChI is InChI=1S/C36H41F3N10O6/c1-4-7-23(45-35(53)55-3)33(51)49-15-6-8-25(49)31-42-18-24(44-31)22-16-40-30(41-17-22)21-12-10-20(11-13-21)28-29(36(37,38)39)47-32(46-28)26-9-5-14-48(26)27(50)19-43-34(52)54-2/h10-13,16-18,23,25-26H,4-9,14-15,19H2,1-3H3,(H,42,44)(H,43,52)(H,45,53)(H,46,47)/t23?,25-,26-/m0/s1. The lowest BCUT2D eigenvalue weighted by Gasteiger charge is -2.28. The minimum absolute atomic E-state index is 0.000273. The Kier molecular flexibility index (Phi) is 11.7. The number of aromatic nitrogens is 6. The van der Waals surface area contributed by atoms with E-state index in [0.29, 0.717) is 73.7 Å². The maximum atomic E-state index is 14.2. The van der Waals surface area contributed by atoms with E-state index in [4.69, 9.17) is 4.74 Å². The second-order valence-electron chi connectivity index (χ2n) is 13.2. The quantitative estimate of drug-likeness (QED) is 0.158. The Morgan fingerprint density at radius 2 is 1.49 bits per heavy atom. The third-order valence-corrected chi connectivity index (χ3v) is 9.64. The molecule has 2 aliphatic rings. The lowest BCUT2D eigenvalue weighted by Crippen LogP contribution is -2.48. The average molecular weight is 767 g/mol. The maximum absolute atomic E-state index is 14.2. The van der Waals surface area contributed by atoms with Crippen LogP contribution in [0.3, 0.4) is 0 Å². The lowest BCUT2D eigenvalue weighted by atomic mass is 10.1. The highest BCUT2D eigenvalue weighted by Gasteiger charge is 2.41. The molecule has 0 bridgehead atoms. The van der Waals surface area contributed by atoms with E-state index < -0.39 is 42.0 Å². The number of benzene rings is 1. The smallest absolute Gasteiger partial charge is 0.435 e. The van der Waals surface area contributed by atoms with Gasteiger partial charge in [0.25, 0.3) is 0 Å². The minimum Gasteiger partial charge on any atom is -0.453 e. The number of amides is 4. The maximum Gasteiger partial charge on any atom is 0.435 e. The Morgan fingerprint density at radius 3 is 2.13 bits per heavy atom. The molecule has 3 aromatic heterocycles. The van der Waals surface area contributed by atoms with Crippen molar-refractivity contribution < 1.29 is 41.8 Å². The monoisotopic (exact) mass is 766 g/mol. The van der Waals surface area contributed by atoms with Crippen LogP contribution in [-0.4, -0.2) is 104 Å². The van der Waals surface area contributed by atoms with E-state index >= 15 is 0 Å². The van der Waals surface area contributed by atoms with Crippen LogP contribution in [0.5, 0.6) is 0 Å². The van der Waals surface area contributed by atoms with E-state index in [9.17, 15) is 32.3 Å². The number of imidazole rings is 2. The summed E-state index contributed by atoms with van der Waals surface area (Å²) in [5.41, 5.74) is 0.696. The number of hydrogen-bond acceptors (Lipinski definition) is 10. The topological polar surface area (TPSA) is 200 Å². The van der Waals surface area contributed by atoms with E-state index in [-0.39, 0.29) is 35.6 Å². The molecule has 4 aromatic rings. The number of likely N-dealkylation sites (tertiary alicyclic amines) is 2. The molecule has 19 heteroatoms. The number of alkyl halides is 3. The summed E-state index contributed by atoms with van der Waals surface area (Å²) in [5, 5.41) is 4.94. The van der Waals surface area contributed by atoms with Crippen molar-refractivity contribution in [3.63, 3.8) is 0 Å². The van der Waals surface area contributed by atoms with Crippen molar-refractivity contribution in [1.29, 1.82) is 0 Å². The minimum atomic E-state index is -4.78. The molecule has 2 saturated heterocycles. The number of halogens is 3. The molecular weight excluding hydrogens is 725 g/mol. The van der Waals surface area contributed by atoms with Gasteiger partial charge < -0.3 is 39.9 Å². The Bertz CT molecular complexity index is 2000. The molecule has 1 unspecified atom stereocenters. The fourth-order valence-corrected chi connectivity index (χ4v) is 6.95. The molecule has 0 spiro atoms. The van der Waals surface area contributed by atoms with Crippen molar-refractivity contribution in [2.24, 2.45) is 0 Å². The number of nitrogens with one attached hydrogen (secondary N) is 4. The number of nitrogens with zero attached hydrogens (tertiary/aromatic N) is 6. The van der Waals surface area contributed by atoms with Crippen LogP contribution in [0.4, 0.5) is 22.8 Å². The number of carbonyl (C=O) groups is 4. The highest BCUT2D eigenvalue weighted by molar-refractivity contribution is 5.86. The summed E-state index contributed by atoms with van der Waals surface area (Å²) in [5.74, 6) is 0.260. The van der Waals surface area contributed by atoms with Crippen LogP contribution >= 0.6 is 0 Å². The molecule has 0 radical (unpaired) electrons. The first-order chi connectivity index (χ1) is 26.4. The predicted octanol–water partition coefficient (Wildman–Crippen LogP) is 5.15. The number of H-pyrrole nitrogens is 2. The second-order valence-corrected chi connectivity index (χ2v) is 13.2. The van der Waals surface area contributed by atoms with E-state index in [2.05, 4.69) is 45.3 Å². The summed E-state index contributed by atoms with van der Waals surface area (Å²) in [6.45, 7) is 2.39. The highest BCUT2D eigenvalue weighted by atomic mass is 19.4. The summed E-state index contributed by atoms with van der Waals surface area (Å²) < 4.78 is 51.9. The second kappa shape index (κ2) is 16.6. The first kappa shape index (κ1) is 38.7. The van der Waals surface area contributed by atoms with Crippen LogP contribution < -0.4 is 10.6 Å². The molecule has 292 valence electrons. The van der Waals surface area contributed by atoms with Gasteiger partial charge in [-0.15, -0.1) is 0 Å². The van der Waals surface area contributed by atoms with Gasteiger partial charge in [-0.25, -0.2) is 29.5 Å². The Morgan fingerprint density at radius 1 is 0.855 bits per heavy atom. The van der Waals surface area contributed by atoms with Crippen molar-refractivity contribution in [2.45, 2.75) is 69.8 Å². The number of ether oxygens (including phenoxy) is 2. The fourth-order valence-electron chi connectivity index (χ4n) is 6.95. The van der Waals surface area contributed by atoms with Gasteiger partial charge in [0.05, 0.1) is 43.9 Å². The van der Waals surface area contributed by atoms with Crippen molar-refractivity contribution in [2.75, 3.05) is 33.9 Å². The zero-order valence-electron chi connectivity index (χ0n) is 30.4. The van der Waals surface area contributed by atoms with E-state index in [0.717, 1.165) is 13.5 Å². The SMILES string of the molecule is CCCC(NC(=O)OC)C(=O)N1CCC[C@H]1c1ncc(-c2cnc(-c3ccc(-c4[nH]c([C@@H]5CCCN5C(=O)CNC(=O)OC)nc4C(F)(F)F)cc3)nc2)[nH]1. The third-order valence-electron chi connectivity index (χ3n) is 9.64.